The maximum atomic E-state index is 15.2. The lowest BCUT2D eigenvalue weighted by molar-refractivity contribution is -0.201. The average molecular weight is 535 g/mol. The molecule has 3 saturated heterocycles. The van der Waals surface area contributed by atoms with E-state index in [0.717, 1.165) is 4.90 Å². The molecular formula is C29H28F2N4O4. The van der Waals surface area contributed by atoms with Crippen molar-refractivity contribution >= 4 is 17.7 Å². The molecular weight excluding hydrogens is 506 g/mol. The van der Waals surface area contributed by atoms with Gasteiger partial charge in [0.25, 0.3) is 11.8 Å². The maximum absolute atomic E-state index is 15.2. The number of nitrogens with zero attached hydrogens (tertiary/aromatic N) is 2. The highest BCUT2D eigenvalue weighted by molar-refractivity contribution is 6.01. The lowest BCUT2D eigenvalue weighted by Crippen LogP contribution is -2.70. The first-order chi connectivity index (χ1) is 18.7. The number of carbonyl (C=O) groups excluding carboxylic acids is 3. The fourth-order valence-corrected chi connectivity index (χ4v) is 6.98. The molecule has 202 valence electrons. The normalized spacial score (nSPS) is 28.2. The van der Waals surface area contributed by atoms with E-state index < -0.39 is 59.7 Å². The second kappa shape index (κ2) is 9.12. The zero-order valence-electron chi connectivity index (χ0n) is 21.1. The minimum absolute atomic E-state index is 0.0351. The van der Waals surface area contributed by atoms with Gasteiger partial charge in [0.1, 0.15) is 12.1 Å². The summed E-state index contributed by atoms with van der Waals surface area (Å²) in [6.45, 7) is 0.470. The van der Waals surface area contributed by atoms with Crippen LogP contribution in [-0.2, 0) is 20.0 Å². The van der Waals surface area contributed by atoms with Crippen LogP contribution >= 0.6 is 0 Å². The van der Waals surface area contributed by atoms with Gasteiger partial charge in [-0.05, 0) is 36.8 Å². The molecule has 2 aliphatic carbocycles. The van der Waals surface area contributed by atoms with Gasteiger partial charge in [-0.25, -0.2) is 8.78 Å². The molecule has 8 nitrogen and oxygen atoms in total. The van der Waals surface area contributed by atoms with Crippen molar-refractivity contribution in [2.24, 2.45) is 11.8 Å². The topological polar surface area (TPSA) is 123 Å². The molecule has 3 N–H and O–H groups in total. The van der Waals surface area contributed by atoms with Gasteiger partial charge in [-0.15, -0.1) is 0 Å². The van der Waals surface area contributed by atoms with Gasteiger partial charge in [0.05, 0.1) is 12.0 Å². The van der Waals surface area contributed by atoms with Gasteiger partial charge in [-0.3, -0.25) is 14.4 Å². The smallest absolute Gasteiger partial charge is 0.264 e. The van der Waals surface area contributed by atoms with E-state index in [0.29, 0.717) is 35.2 Å². The first-order valence-corrected chi connectivity index (χ1v) is 13.3. The van der Waals surface area contributed by atoms with Crippen molar-refractivity contribution in [2.45, 2.75) is 61.8 Å². The lowest BCUT2D eigenvalue weighted by atomic mass is 9.70. The van der Waals surface area contributed by atoms with Crippen LogP contribution < -0.4 is 10.6 Å². The predicted molar refractivity (Wildman–Crippen MR) is 135 cm³/mol. The summed E-state index contributed by atoms with van der Waals surface area (Å²) in [6.07, 6.45) is 0.266. The number of benzene rings is 2. The van der Waals surface area contributed by atoms with Gasteiger partial charge in [-0.2, -0.15) is 5.26 Å². The van der Waals surface area contributed by atoms with E-state index >= 15 is 8.78 Å². The number of halogens is 2. The van der Waals surface area contributed by atoms with Crippen molar-refractivity contribution in [1.82, 2.24) is 15.5 Å². The highest BCUT2D eigenvalue weighted by Crippen LogP contribution is 2.53. The average Bonchev–Trinajstić information content (AvgIpc) is 3.46. The molecule has 4 fully saturated rings. The fraction of sp³-hybridized carbons (Fsp3) is 0.448. The maximum Gasteiger partial charge on any atom is 0.264 e. The molecule has 7 rings (SSSR count). The van der Waals surface area contributed by atoms with Crippen molar-refractivity contribution in [3.05, 3.63) is 59.7 Å². The van der Waals surface area contributed by atoms with Gasteiger partial charge in [-0.1, -0.05) is 48.5 Å². The predicted octanol–water partition coefficient (Wildman–Crippen LogP) is 2.45. The number of fused-ring (bicyclic) bond motifs is 6. The lowest BCUT2D eigenvalue weighted by Gasteiger charge is -2.54. The largest absolute Gasteiger partial charge is 0.372 e. The van der Waals surface area contributed by atoms with Crippen LogP contribution in [0.1, 0.15) is 43.2 Å². The Morgan fingerprint density at radius 1 is 1.10 bits per heavy atom. The summed E-state index contributed by atoms with van der Waals surface area (Å²) in [5, 5.41) is 27.0. The zero-order chi connectivity index (χ0) is 27.5. The number of nitriles is 1. The van der Waals surface area contributed by atoms with Gasteiger partial charge in [0, 0.05) is 36.1 Å². The van der Waals surface area contributed by atoms with Crippen LogP contribution in [0.3, 0.4) is 0 Å². The molecule has 10 heteroatoms. The third-order valence-corrected chi connectivity index (χ3v) is 8.83. The molecule has 2 aromatic rings. The Labute approximate surface area is 224 Å². The number of aliphatic hydroxyl groups is 1. The summed E-state index contributed by atoms with van der Waals surface area (Å²) < 4.78 is 30.4. The van der Waals surface area contributed by atoms with Crippen LogP contribution in [0.25, 0.3) is 11.1 Å². The van der Waals surface area contributed by atoms with Crippen LogP contribution in [0.2, 0.25) is 0 Å². The Morgan fingerprint density at radius 2 is 1.74 bits per heavy atom. The molecule has 3 aliphatic heterocycles. The summed E-state index contributed by atoms with van der Waals surface area (Å²) >= 11 is 0. The number of piperidine rings is 2. The minimum atomic E-state index is -3.19. The molecule has 39 heavy (non-hydrogen) atoms. The molecule has 3 amide bonds. The van der Waals surface area contributed by atoms with E-state index in [9.17, 15) is 24.8 Å². The third kappa shape index (κ3) is 3.82. The number of carbonyl (C=O) groups is 3. The Balaban J connectivity index is 1.36. The summed E-state index contributed by atoms with van der Waals surface area (Å²) in [7, 11) is 0. The molecule has 3 heterocycles. The number of alkyl halides is 2. The monoisotopic (exact) mass is 534 g/mol. The second-order valence-corrected chi connectivity index (χ2v) is 11.0. The summed E-state index contributed by atoms with van der Waals surface area (Å²) in [6, 6.07) is 12.2. The standard InChI is InChI=1S/C29H28F2N4O4/c30-28(31)14-18-9-10-23(28)24(26(37)34-17(15-32)13-16-11-12-33-25(16)36)35(18)27(38)29(39)21-7-3-1-5-19(21)20-6-2-4-8-22(20)29/h1-8,16-18,23-24,39H,9-14H2,(H,33,36)(H,34,37)/t16-,17-,18+,23+,24-/m1/s1. The fourth-order valence-electron chi connectivity index (χ4n) is 6.98. The third-order valence-electron chi connectivity index (χ3n) is 8.83. The Kier molecular flexibility index (Phi) is 5.95. The second-order valence-electron chi connectivity index (χ2n) is 11.0. The highest BCUT2D eigenvalue weighted by Gasteiger charge is 2.63. The molecule has 2 aromatic carbocycles. The molecule has 0 unspecified atom stereocenters. The highest BCUT2D eigenvalue weighted by atomic mass is 19.3. The number of amides is 3. The Hall–Kier alpha value is -3.84. The van der Waals surface area contributed by atoms with Crippen LogP contribution in [-0.4, -0.2) is 58.3 Å². The van der Waals surface area contributed by atoms with E-state index in [1.54, 1.807) is 48.5 Å². The van der Waals surface area contributed by atoms with Crippen molar-refractivity contribution in [1.29, 1.82) is 5.26 Å². The summed E-state index contributed by atoms with van der Waals surface area (Å²) in [5.41, 5.74) is -0.153. The molecule has 0 spiro atoms. The number of nitrogens with one attached hydrogen (secondary N) is 2. The quantitative estimate of drug-likeness (QED) is 0.544. The van der Waals surface area contributed by atoms with Gasteiger partial charge in [0.15, 0.2) is 5.60 Å². The van der Waals surface area contributed by atoms with Crippen LogP contribution in [0.5, 0.6) is 0 Å². The van der Waals surface area contributed by atoms with E-state index in [4.69, 9.17) is 0 Å². The molecule has 1 saturated carbocycles. The van der Waals surface area contributed by atoms with Gasteiger partial charge in [0.2, 0.25) is 11.8 Å². The van der Waals surface area contributed by atoms with E-state index in [1.165, 1.54) is 0 Å². The number of hydrogen-bond acceptors (Lipinski definition) is 5. The van der Waals surface area contributed by atoms with Crippen molar-refractivity contribution in [3.63, 3.8) is 0 Å². The van der Waals surface area contributed by atoms with Crippen molar-refractivity contribution in [2.75, 3.05) is 6.54 Å². The zero-order valence-corrected chi connectivity index (χ0v) is 21.1. The SMILES string of the molecule is N#C[C@@H](C[C@H]1CCNC1=O)NC(=O)[C@H]1[C@@H]2CC[C@@H](CC2(F)F)N1C(=O)C1(O)c2ccccc2-c2ccccc21. The first-order valence-electron chi connectivity index (χ1n) is 13.3. The first kappa shape index (κ1) is 25.4. The molecule has 5 aliphatic rings. The summed E-state index contributed by atoms with van der Waals surface area (Å²) in [5.74, 6) is -7.03. The minimum Gasteiger partial charge on any atom is -0.372 e. The van der Waals surface area contributed by atoms with Crippen LogP contribution in [0.15, 0.2) is 48.5 Å². The van der Waals surface area contributed by atoms with Crippen LogP contribution in [0.4, 0.5) is 8.78 Å². The van der Waals surface area contributed by atoms with Crippen molar-refractivity contribution < 1.29 is 28.3 Å². The van der Waals surface area contributed by atoms with Gasteiger partial charge < -0.3 is 20.6 Å². The molecule has 0 radical (unpaired) electrons. The van der Waals surface area contributed by atoms with E-state index in [-0.39, 0.29) is 25.2 Å². The van der Waals surface area contributed by atoms with E-state index in [1.807, 2.05) is 6.07 Å². The van der Waals surface area contributed by atoms with Crippen LogP contribution in [0, 0.1) is 23.2 Å². The number of rotatable bonds is 5. The molecule has 0 aromatic heterocycles. The van der Waals surface area contributed by atoms with E-state index in [2.05, 4.69) is 10.6 Å². The molecule has 5 atom stereocenters. The van der Waals surface area contributed by atoms with Gasteiger partial charge >= 0.3 is 0 Å². The number of hydrogen-bond donors (Lipinski definition) is 3. The Bertz CT molecular complexity index is 1360. The molecule has 2 bridgehead atoms. The van der Waals surface area contributed by atoms with Crippen molar-refractivity contribution in [3.8, 4) is 17.2 Å². The Morgan fingerprint density at radius 3 is 2.31 bits per heavy atom. The summed E-state index contributed by atoms with van der Waals surface area (Å²) in [4.78, 5) is 41.2.